The van der Waals surface area contributed by atoms with Gasteiger partial charge in [-0.1, -0.05) is 0 Å². The molecule has 0 fully saturated rings. The zero-order chi connectivity index (χ0) is 18.1. The molecule has 0 aliphatic carbocycles. The Morgan fingerprint density at radius 2 is 1.58 bits per heavy atom. The summed E-state index contributed by atoms with van der Waals surface area (Å²) in [5.74, 6) is 0.512. The molecule has 1 aromatic carbocycles. The third-order valence-corrected chi connectivity index (χ3v) is 3.15. The minimum Gasteiger partial charge on any atom is -0.493 e. The Morgan fingerprint density at radius 1 is 1.00 bits per heavy atom. The highest BCUT2D eigenvalue weighted by molar-refractivity contribution is 6.03. The number of nitrogens with one attached hydrogen (secondary N) is 2. The van der Waals surface area contributed by atoms with Gasteiger partial charge in [-0.25, -0.2) is 0 Å². The fourth-order valence-electron chi connectivity index (χ4n) is 1.99. The predicted octanol–water partition coefficient (Wildman–Crippen LogP) is 0.719. The molecule has 0 heterocycles. The smallest absolute Gasteiger partial charge is 0.233 e. The lowest BCUT2D eigenvalue weighted by Gasteiger charge is -2.14. The second-order valence-corrected chi connectivity index (χ2v) is 5.29. The molecule has 0 unspecified atom stereocenters. The molecule has 24 heavy (non-hydrogen) atoms. The highest BCUT2D eigenvalue weighted by Gasteiger charge is 2.15. The number of anilines is 1. The van der Waals surface area contributed by atoms with Crippen LogP contribution in [0.2, 0.25) is 0 Å². The third-order valence-electron chi connectivity index (χ3n) is 3.15. The summed E-state index contributed by atoms with van der Waals surface area (Å²) in [4.78, 5) is 25.6. The van der Waals surface area contributed by atoms with Crippen LogP contribution in [0, 0.1) is 0 Å². The van der Waals surface area contributed by atoms with Crippen LogP contribution in [0.1, 0.15) is 6.42 Å². The lowest BCUT2D eigenvalue weighted by molar-refractivity contribution is -0.126. The van der Waals surface area contributed by atoms with Gasteiger partial charge in [0.15, 0.2) is 11.5 Å². The molecule has 0 radical (unpaired) electrons. The number of methoxy groups -OCH3 is 3. The zero-order valence-corrected chi connectivity index (χ0v) is 14.8. The Bertz CT molecular complexity index is 550. The summed E-state index contributed by atoms with van der Waals surface area (Å²) in [6.45, 7) is 1.20. The largest absolute Gasteiger partial charge is 0.493 e. The van der Waals surface area contributed by atoms with Gasteiger partial charge >= 0.3 is 0 Å². The quantitative estimate of drug-likeness (QED) is 0.645. The van der Waals surface area contributed by atoms with Gasteiger partial charge in [-0.05, 0) is 14.1 Å². The van der Waals surface area contributed by atoms with Crippen molar-refractivity contribution in [1.82, 2.24) is 10.2 Å². The van der Waals surface area contributed by atoms with Crippen LogP contribution < -0.4 is 24.8 Å². The van der Waals surface area contributed by atoms with E-state index in [2.05, 4.69) is 10.6 Å². The minimum absolute atomic E-state index is 0.260. The molecule has 0 aliphatic heterocycles. The fourth-order valence-corrected chi connectivity index (χ4v) is 1.99. The molecule has 8 heteroatoms. The summed E-state index contributed by atoms with van der Waals surface area (Å²) in [6.07, 6.45) is -0.260. The van der Waals surface area contributed by atoms with Crippen LogP contribution in [0.4, 0.5) is 5.69 Å². The van der Waals surface area contributed by atoms with E-state index < -0.39 is 5.91 Å². The first-order valence-electron chi connectivity index (χ1n) is 7.42. The molecule has 0 aromatic heterocycles. The SMILES string of the molecule is COc1cc(NC(=O)CC(=O)NCCN(C)C)cc(OC)c1OC. The molecule has 2 amide bonds. The second kappa shape index (κ2) is 9.61. The highest BCUT2D eigenvalue weighted by Crippen LogP contribution is 2.39. The van der Waals surface area contributed by atoms with Crippen LogP contribution in [0.25, 0.3) is 0 Å². The molecular formula is C16H25N3O5. The summed E-state index contributed by atoms with van der Waals surface area (Å²) < 4.78 is 15.7. The molecule has 0 spiro atoms. The van der Waals surface area contributed by atoms with Crippen LogP contribution >= 0.6 is 0 Å². The number of carbonyl (C=O) groups excluding carboxylic acids is 2. The van der Waals surface area contributed by atoms with E-state index in [0.29, 0.717) is 36.0 Å². The van der Waals surface area contributed by atoms with Gasteiger partial charge in [-0.2, -0.15) is 0 Å². The molecular weight excluding hydrogens is 314 g/mol. The number of benzene rings is 1. The lowest BCUT2D eigenvalue weighted by atomic mass is 10.2. The van der Waals surface area contributed by atoms with E-state index in [4.69, 9.17) is 14.2 Å². The standard InChI is InChI=1S/C16H25N3O5/c1-19(2)7-6-17-14(20)10-15(21)18-11-8-12(22-3)16(24-5)13(9-11)23-4/h8-9H,6-7,10H2,1-5H3,(H,17,20)(H,18,21). The van der Waals surface area contributed by atoms with Crippen LogP contribution in [-0.2, 0) is 9.59 Å². The Morgan fingerprint density at radius 3 is 2.04 bits per heavy atom. The van der Waals surface area contributed by atoms with Crippen molar-refractivity contribution in [3.05, 3.63) is 12.1 Å². The summed E-state index contributed by atoms with van der Waals surface area (Å²) in [7, 11) is 8.28. The zero-order valence-electron chi connectivity index (χ0n) is 14.8. The van der Waals surface area contributed by atoms with Crippen molar-refractivity contribution in [3.63, 3.8) is 0 Å². The Hall–Kier alpha value is -2.48. The van der Waals surface area contributed by atoms with Crippen molar-refractivity contribution in [2.24, 2.45) is 0 Å². The van der Waals surface area contributed by atoms with Gasteiger partial charge in [-0.3, -0.25) is 9.59 Å². The van der Waals surface area contributed by atoms with Gasteiger partial charge < -0.3 is 29.7 Å². The Kier molecular flexibility index (Phi) is 7.84. The number of amides is 2. The second-order valence-electron chi connectivity index (χ2n) is 5.29. The molecule has 0 atom stereocenters. The number of likely N-dealkylation sites (N-methyl/N-ethyl adjacent to an activating group) is 1. The van der Waals surface area contributed by atoms with Gasteiger partial charge in [0.25, 0.3) is 0 Å². The number of hydrogen-bond acceptors (Lipinski definition) is 6. The number of nitrogens with zero attached hydrogens (tertiary/aromatic N) is 1. The van der Waals surface area contributed by atoms with E-state index in [1.54, 1.807) is 12.1 Å². The molecule has 0 bridgehead atoms. The van der Waals surface area contributed by atoms with Crippen molar-refractivity contribution >= 4 is 17.5 Å². The minimum atomic E-state index is -0.424. The summed E-state index contributed by atoms with van der Waals surface area (Å²) in [5, 5.41) is 5.33. The van der Waals surface area contributed by atoms with E-state index in [1.165, 1.54) is 21.3 Å². The van der Waals surface area contributed by atoms with Crippen LogP contribution in [-0.4, -0.2) is 65.2 Å². The van der Waals surface area contributed by atoms with Gasteiger partial charge in [0.05, 0.1) is 21.3 Å². The van der Waals surface area contributed by atoms with E-state index in [-0.39, 0.29) is 12.3 Å². The van der Waals surface area contributed by atoms with Crippen molar-refractivity contribution in [1.29, 1.82) is 0 Å². The normalized spacial score (nSPS) is 10.2. The van der Waals surface area contributed by atoms with E-state index in [1.807, 2.05) is 19.0 Å². The number of ether oxygens (including phenoxy) is 3. The summed E-state index contributed by atoms with van der Waals surface area (Å²) >= 11 is 0. The maximum absolute atomic E-state index is 12.0. The van der Waals surface area contributed by atoms with Gasteiger partial charge in [0.2, 0.25) is 17.6 Å². The topological polar surface area (TPSA) is 89.1 Å². The van der Waals surface area contributed by atoms with Gasteiger partial charge in [0.1, 0.15) is 6.42 Å². The average Bonchev–Trinajstić information content (AvgIpc) is 2.53. The predicted molar refractivity (Wildman–Crippen MR) is 90.9 cm³/mol. The first-order valence-corrected chi connectivity index (χ1v) is 7.42. The Balaban J connectivity index is 2.68. The molecule has 0 aliphatic rings. The van der Waals surface area contributed by atoms with E-state index >= 15 is 0 Å². The van der Waals surface area contributed by atoms with Crippen molar-refractivity contribution < 1.29 is 23.8 Å². The number of hydrogen-bond donors (Lipinski definition) is 2. The average molecular weight is 339 g/mol. The van der Waals surface area contributed by atoms with Crippen LogP contribution in [0.5, 0.6) is 17.2 Å². The molecule has 1 aromatic rings. The van der Waals surface area contributed by atoms with Gasteiger partial charge in [-0.15, -0.1) is 0 Å². The van der Waals surface area contributed by atoms with Crippen molar-refractivity contribution in [2.75, 3.05) is 53.8 Å². The molecule has 0 saturated carbocycles. The van der Waals surface area contributed by atoms with Crippen molar-refractivity contribution in [2.45, 2.75) is 6.42 Å². The highest BCUT2D eigenvalue weighted by atomic mass is 16.5. The number of carbonyl (C=O) groups is 2. The fraction of sp³-hybridized carbons (Fsp3) is 0.500. The third kappa shape index (κ3) is 5.96. The van der Waals surface area contributed by atoms with Gasteiger partial charge in [0, 0.05) is 30.9 Å². The van der Waals surface area contributed by atoms with E-state index in [9.17, 15) is 9.59 Å². The summed E-state index contributed by atoms with van der Waals surface area (Å²) in [5.41, 5.74) is 0.454. The molecule has 0 saturated heterocycles. The van der Waals surface area contributed by atoms with Crippen LogP contribution in [0.3, 0.4) is 0 Å². The molecule has 134 valence electrons. The lowest BCUT2D eigenvalue weighted by Crippen LogP contribution is -2.33. The summed E-state index contributed by atoms with van der Waals surface area (Å²) in [6, 6.07) is 3.20. The first-order chi connectivity index (χ1) is 11.4. The molecule has 2 N–H and O–H groups in total. The van der Waals surface area contributed by atoms with Crippen LogP contribution in [0.15, 0.2) is 12.1 Å². The maximum atomic E-state index is 12.0. The molecule has 1 rings (SSSR count). The Labute approximate surface area is 142 Å². The van der Waals surface area contributed by atoms with Crippen molar-refractivity contribution in [3.8, 4) is 17.2 Å². The first kappa shape index (κ1) is 19.6. The molecule has 8 nitrogen and oxygen atoms in total. The van der Waals surface area contributed by atoms with E-state index in [0.717, 1.165) is 0 Å². The monoisotopic (exact) mass is 339 g/mol. The maximum Gasteiger partial charge on any atom is 0.233 e. The number of rotatable bonds is 9.